The van der Waals surface area contributed by atoms with Crippen LogP contribution in [0.2, 0.25) is 0 Å². The smallest absolute Gasteiger partial charge is 0.329 e. The fourth-order valence-corrected chi connectivity index (χ4v) is 3.72. The van der Waals surface area contributed by atoms with Gasteiger partial charge in [-0.1, -0.05) is 48.8 Å². The first-order chi connectivity index (χ1) is 13.3. The largest absolute Gasteiger partial charge is 0.456 e. The van der Waals surface area contributed by atoms with Gasteiger partial charge in [-0.2, -0.15) is 0 Å². The molecule has 2 rings (SSSR count). The van der Waals surface area contributed by atoms with Crippen molar-refractivity contribution in [2.24, 2.45) is 17.8 Å². The van der Waals surface area contributed by atoms with E-state index in [1.807, 2.05) is 13.8 Å². The number of amides is 1. The molecule has 1 amide bonds. The van der Waals surface area contributed by atoms with E-state index in [1.165, 1.54) is 0 Å². The second kappa shape index (κ2) is 10.7. The zero-order valence-electron chi connectivity index (χ0n) is 16.9. The Morgan fingerprint density at radius 2 is 1.71 bits per heavy atom. The molecule has 1 aliphatic carbocycles. The van der Waals surface area contributed by atoms with Crippen molar-refractivity contribution in [3.63, 3.8) is 0 Å². The van der Waals surface area contributed by atoms with E-state index in [9.17, 15) is 14.4 Å². The topological polar surface area (TPSA) is 72.5 Å². The lowest BCUT2D eigenvalue weighted by molar-refractivity contribution is -0.148. The summed E-state index contributed by atoms with van der Waals surface area (Å²) in [5, 5.41) is 2.87. The third-order valence-corrected chi connectivity index (χ3v) is 5.74. The molecule has 1 atom stereocenters. The predicted molar refractivity (Wildman–Crippen MR) is 112 cm³/mol. The quantitative estimate of drug-likeness (QED) is 0.465. The van der Waals surface area contributed by atoms with E-state index in [0.717, 1.165) is 30.2 Å². The first-order valence-corrected chi connectivity index (χ1v) is 10.8. The molecule has 0 unspecified atom stereocenters. The molecule has 0 heterocycles. The van der Waals surface area contributed by atoms with Crippen molar-refractivity contribution in [1.29, 1.82) is 0 Å². The van der Waals surface area contributed by atoms with Crippen LogP contribution in [0, 0.1) is 17.8 Å². The first kappa shape index (κ1) is 22.6. The molecule has 1 saturated carbocycles. The van der Waals surface area contributed by atoms with E-state index < -0.39 is 12.0 Å². The number of halogens is 1. The van der Waals surface area contributed by atoms with Crippen LogP contribution in [0.4, 0.5) is 0 Å². The van der Waals surface area contributed by atoms with Gasteiger partial charge in [-0.25, -0.2) is 4.79 Å². The van der Waals surface area contributed by atoms with Crippen LogP contribution >= 0.6 is 15.9 Å². The highest BCUT2D eigenvalue weighted by Gasteiger charge is 2.29. The lowest BCUT2D eigenvalue weighted by Crippen LogP contribution is -2.46. The molecule has 6 heteroatoms. The summed E-state index contributed by atoms with van der Waals surface area (Å²) in [6, 6.07) is 6.17. The predicted octanol–water partition coefficient (Wildman–Crippen LogP) is 4.53. The van der Waals surface area contributed by atoms with Crippen LogP contribution < -0.4 is 5.32 Å². The maximum atomic E-state index is 12.6. The van der Waals surface area contributed by atoms with E-state index in [4.69, 9.17) is 4.74 Å². The highest BCUT2D eigenvalue weighted by molar-refractivity contribution is 9.10. The van der Waals surface area contributed by atoms with Gasteiger partial charge in [0.1, 0.15) is 6.04 Å². The molecule has 1 aromatic carbocycles. The van der Waals surface area contributed by atoms with Crippen LogP contribution in [0.3, 0.4) is 0 Å². The Morgan fingerprint density at radius 3 is 2.29 bits per heavy atom. The van der Waals surface area contributed by atoms with Crippen molar-refractivity contribution in [3.8, 4) is 0 Å². The monoisotopic (exact) mass is 451 g/mol. The number of carbonyl (C=O) groups excluding carboxylic acids is 3. The summed E-state index contributed by atoms with van der Waals surface area (Å²) in [6.07, 6.45) is 4.29. The summed E-state index contributed by atoms with van der Waals surface area (Å²) in [5.74, 6) is -0.0540. The summed E-state index contributed by atoms with van der Waals surface area (Å²) >= 11 is 3.32. The molecule has 0 aromatic heterocycles. The van der Waals surface area contributed by atoms with Crippen molar-refractivity contribution >= 4 is 33.6 Å². The Labute approximate surface area is 175 Å². The molecule has 28 heavy (non-hydrogen) atoms. The Kier molecular flexibility index (Phi) is 8.67. The minimum Gasteiger partial charge on any atom is -0.456 e. The van der Waals surface area contributed by atoms with E-state index in [0.29, 0.717) is 17.9 Å². The average molecular weight is 452 g/mol. The van der Waals surface area contributed by atoms with Crippen molar-refractivity contribution in [3.05, 3.63) is 34.3 Å². The average Bonchev–Trinajstić information content (AvgIpc) is 2.66. The molecule has 1 N–H and O–H groups in total. The first-order valence-electron chi connectivity index (χ1n) is 10.0. The van der Waals surface area contributed by atoms with Gasteiger partial charge in [0.15, 0.2) is 12.4 Å². The minimum atomic E-state index is -0.718. The van der Waals surface area contributed by atoms with Crippen LogP contribution in [0.15, 0.2) is 28.7 Å². The number of hydrogen-bond donors (Lipinski definition) is 1. The fourth-order valence-electron chi connectivity index (χ4n) is 3.45. The Morgan fingerprint density at radius 1 is 1.11 bits per heavy atom. The van der Waals surface area contributed by atoms with E-state index >= 15 is 0 Å². The molecule has 0 spiro atoms. The van der Waals surface area contributed by atoms with Gasteiger partial charge in [0.05, 0.1) is 0 Å². The summed E-state index contributed by atoms with van der Waals surface area (Å²) in [5.41, 5.74) is 0.483. The summed E-state index contributed by atoms with van der Waals surface area (Å²) in [4.78, 5) is 37.4. The second-order valence-electron chi connectivity index (χ2n) is 8.19. The number of carbonyl (C=O) groups is 3. The summed E-state index contributed by atoms with van der Waals surface area (Å²) < 4.78 is 6.11. The zero-order chi connectivity index (χ0) is 20.7. The molecule has 0 bridgehead atoms. The van der Waals surface area contributed by atoms with Crippen LogP contribution in [0.1, 0.15) is 63.2 Å². The van der Waals surface area contributed by atoms with Gasteiger partial charge >= 0.3 is 5.97 Å². The molecular formula is C22H30BrNO4. The summed E-state index contributed by atoms with van der Waals surface area (Å²) in [6.45, 7) is 5.85. The van der Waals surface area contributed by atoms with Gasteiger partial charge < -0.3 is 10.1 Å². The standard InChI is InChI=1S/C22H30BrNO4/c1-14(2)12-19(24-21(26)17-6-4-15(3)5-7-17)22(27)28-13-20(25)16-8-10-18(23)11-9-16/h8-11,14-15,17,19H,4-7,12-13H2,1-3H3,(H,24,26)/t15?,17?,19-/m1/s1. The Hall–Kier alpha value is -1.69. The highest BCUT2D eigenvalue weighted by Crippen LogP contribution is 2.28. The van der Waals surface area contributed by atoms with Gasteiger partial charge in [-0.15, -0.1) is 0 Å². The Balaban J connectivity index is 1.91. The fraction of sp³-hybridized carbons (Fsp3) is 0.591. The third kappa shape index (κ3) is 7.04. The number of rotatable bonds is 8. The number of Topliss-reactive ketones (excluding diaryl/α,β-unsaturated/α-hetero) is 1. The summed E-state index contributed by atoms with van der Waals surface area (Å²) in [7, 11) is 0. The number of ether oxygens (including phenoxy) is 1. The Bertz CT molecular complexity index is 678. The normalized spacial score (nSPS) is 20.5. The van der Waals surface area contributed by atoms with Crippen molar-refractivity contribution in [2.75, 3.05) is 6.61 Å². The van der Waals surface area contributed by atoms with E-state index in [1.54, 1.807) is 24.3 Å². The maximum Gasteiger partial charge on any atom is 0.329 e. The van der Waals surface area contributed by atoms with Crippen LogP contribution in [0.25, 0.3) is 0 Å². The zero-order valence-corrected chi connectivity index (χ0v) is 18.5. The number of esters is 1. The van der Waals surface area contributed by atoms with Gasteiger partial charge in [0.2, 0.25) is 5.91 Å². The lowest BCUT2D eigenvalue weighted by atomic mass is 9.82. The van der Waals surface area contributed by atoms with Crippen LogP contribution in [0.5, 0.6) is 0 Å². The molecule has 0 saturated heterocycles. The SMILES string of the molecule is CC(C)C[C@@H](NC(=O)C1CCC(C)CC1)C(=O)OCC(=O)c1ccc(Br)cc1. The third-order valence-electron chi connectivity index (χ3n) is 5.21. The van der Waals surface area contributed by atoms with Crippen molar-refractivity contribution in [2.45, 2.75) is 58.9 Å². The van der Waals surface area contributed by atoms with Crippen LogP contribution in [-0.2, 0) is 14.3 Å². The molecule has 1 aromatic rings. The number of nitrogens with one attached hydrogen (secondary N) is 1. The number of hydrogen-bond acceptors (Lipinski definition) is 4. The van der Waals surface area contributed by atoms with Gasteiger partial charge in [0.25, 0.3) is 0 Å². The lowest BCUT2D eigenvalue weighted by Gasteiger charge is -2.27. The molecule has 154 valence electrons. The van der Waals surface area contributed by atoms with Crippen molar-refractivity contribution < 1.29 is 19.1 Å². The molecular weight excluding hydrogens is 422 g/mol. The van der Waals surface area contributed by atoms with E-state index in [-0.39, 0.29) is 30.1 Å². The van der Waals surface area contributed by atoms with Gasteiger partial charge in [-0.3, -0.25) is 9.59 Å². The van der Waals surface area contributed by atoms with Gasteiger partial charge in [-0.05, 0) is 56.1 Å². The van der Waals surface area contributed by atoms with E-state index in [2.05, 4.69) is 28.2 Å². The molecule has 5 nitrogen and oxygen atoms in total. The number of benzene rings is 1. The molecule has 1 fully saturated rings. The molecule has 0 radical (unpaired) electrons. The minimum absolute atomic E-state index is 0.0388. The number of ketones is 1. The maximum absolute atomic E-state index is 12.6. The highest BCUT2D eigenvalue weighted by atomic mass is 79.9. The molecule has 0 aliphatic heterocycles. The van der Waals surface area contributed by atoms with Crippen LogP contribution in [-0.4, -0.2) is 30.3 Å². The second-order valence-corrected chi connectivity index (χ2v) is 9.10. The van der Waals surface area contributed by atoms with Crippen molar-refractivity contribution in [1.82, 2.24) is 5.32 Å². The molecule has 1 aliphatic rings. The van der Waals surface area contributed by atoms with Gasteiger partial charge in [0, 0.05) is 16.0 Å².